The Labute approximate surface area is 176 Å². The van der Waals surface area contributed by atoms with Crippen molar-refractivity contribution in [1.29, 1.82) is 0 Å². The van der Waals surface area contributed by atoms with Gasteiger partial charge in [-0.15, -0.1) is 38.0 Å². The number of halogens is 6. The van der Waals surface area contributed by atoms with Gasteiger partial charge in [0, 0.05) is 26.2 Å². The van der Waals surface area contributed by atoms with E-state index in [4.69, 9.17) is 0 Å². The molecule has 3 rings (SSSR count). The summed E-state index contributed by atoms with van der Waals surface area (Å²) in [4.78, 5) is 6.82. The van der Waals surface area contributed by atoms with Crippen molar-refractivity contribution in [2.45, 2.75) is 12.4 Å². The molecule has 2 heterocycles. The second-order valence-electron chi connectivity index (χ2n) is 5.69. The number of rotatable bonds is 4. The van der Waals surface area contributed by atoms with Crippen LogP contribution in [0, 0.1) is 0 Å². The third-order valence-corrected chi connectivity index (χ3v) is 4.40. The molecule has 1 atom stereocenters. The molecule has 1 aromatic carbocycles. The van der Waals surface area contributed by atoms with Gasteiger partial charge >= 0.3 is 6.36 Å². The Hall–Kier alpha value is -1.06. The Kier molecular flexibility index (Phi) is 9.30. The monoisotopic (exact) mass is 487 g/mol. The molecule has 27 heavy (non-hydrogen) atoms. The van der Waals surface area contributed by atoms with Gasteiger partial charge in [0.1, 0.15) is 10.4 Å². The molecule has 1 fully saturated rings. The van der Waals surface area contributed by atoms with Crippen LogP contribution >= 0.6 is 40.7 Å². The van der Waals surface area contributed by atoms with E-state index in [0.29, 0.717) is 0 Å². The average molecular weight is 489 g/mol. The van der Waals surface area contributed by atoms with Gasteiger partial charge in [-0.25, -0.2) is 4.98 Å². The fourth-order valence-electron chi connectivity index (χ4n) is 2.94. The fraction of sp³-hybridized carbons (Fsp3) is 0.353. The molecule has 2 aromatic rings. The van der Waals surface area contributed by atoms with E-state index in [2.05, 4.69) is 35.9 Å². The van der Waals surface area contributed by atoms with Crippen LogP contribution in [0.4, 0.5) is 13.2 Å². The largest absolute Gasteiger partial charge is 0.573 e. The van der Waals surface area contributed by atoms with Crippen LogP contribution in [-0.4, -0.2) is 42.4 Å². The Bertz CT molecular complexity index is 713. The SMILES string of the molecule is Cl.Cl.FC(F)(F)Oc1ccc([C@@H](c2cccc(Br)n2)N2CCNCC2)cc1. The van der Waals surface area contributed by atoms with Gasteiger partial charge in [0.25, 0.3) is 0 Å². The number of nitrogens with zero attached hydrogens (tertiary/aromatic N) is 2. The number of alkyl halides is 3. The number of benzene rings is 1. The third-order valence-electron chi connectivity index (χ3n) is 3.96. The summed E-state index contributed by atoms with van der Waals surface area (Å²) >= 11 is 3.38. The molecular formula is C17H19BrCl2F3N3O. The summed E-state index contributed by atoms with van der Waals surface area (Å²) in [6, 6.07) is 11.6. The molecule has 0 bridgehead atoms. The third kappa shape index (κ3) is 6.80. The van der Waals surface area contributed by atoms with Crippen LogP contribution in [0.3, 0.4) is 0 Å². The highest BCUT2D eigenvalue weighted by atomic mass is 79.9. The second-order valence-corrected chi connectivity index (χ2v) is 6.50. The van der Waals surface area contributed by atoms with Crippen molar-refractivity contribution < 1.29 is 17.9 Å². The molecule has 0 aliphatic carbocycles. The smallest absolute Gasteiger partial charge is 0.406 e. The molecule has 0 radical (unpaired) electrons. The Balaban J connectivity index is 0.00000182. The van der Waals surface area contributed by atoms with Gasteiger partial charge in [0.05, 0.1) is 11.7 Å². The lowest BCUT2D eigenvalue weighted by Crippen LogP contribution is -2.45. The summed E-state index contributed by atoms with van der Waals surface area (Å²) < 4.78 is 41.7. The number of pyridine rings is 1. The van der Waals surface area contributed by atoms with E-state index in [0.717, 1.165) is 42.0 Å². The van der Waals surface area contributed by atoms with Gasteiger partial charge in [0.2, 0.25) is 0 Å². The van der Waals surface area contributed by atoms with Gasteiger partial charge < -0.3 is 10.1 Å². The molecule has 1 aliphatic heterocycles. The van der Waals surface area contributed by atoms with Crippen LogP contribution < -0.4 is 10.1 Å². The lowest BCUT2D eigenvalue weighted by atomic mass is 10.0. The Morgan fingerprint density at radius 2 is 1.67 bits per heavy atom. The lowest BCUT2D eigenvalue weighted by molar-refractivity contribution is -0.274. The number of aromatic nitrogens is 1. The highest BCUT2D eigenvalue weighted by Gasteiger charge is 2.31. The number of nitrogens with one attached hydrogen (secondary N) is 1. The van der Waals surface area contributed by atoms with Gasteiger partial charge in [-0.05, 0) is 45.8 Å². The first-order chi connectivity index (χ1) is 11.9. The second kappa shape index (κ2) is 10.5. The number of ether oxygens (including phenoxy) is 1. The summed E-state index contributed by atoms with van der Waals surface area (Å²) in [5, 5.41) is 3.30. The molecule has 0 spiro atoms. The summed E-state index contributed by atoms with van der Waals surface area (Å²) in [6.45, 7) is 3.39. The summed E-state index contributed by atoms with van der Waals surface area (Å²) in [5.74, 6) is -0.225. The topological polar surface area (TPSA) is 37.4 Å². The minimum atomic E-state index is -4.69. The minimum Gasteiger partial charge on any atom is -0.406 e. The standard InChI is InChI=1S/C17H17BrF3N3O.2ClH/c18-15-3-1-2-14(23-15)16(24-10-8-22-9-11-24)12-4-6-13(7-5-12)25-17(19,20)21;;/h1-7,16,22H,8-11H2;2*1H/t16-;;/m0../s1. The van der Waals surface area contributed by atoms with E-state index < -0.39 is 6.36 Å². The maximum absolute atomic E-state index is 12.3. The maximum atomic E-state index is 12.3. The Morgan fingerprint density at radius 1 is 1.04 bits per heavy atom. The minimum absolute atomic E-state index is 0. The van der Waals surface area contributed by atoms with Crippen molar-refractivity contribution in [2.24, 2.45) is 0 Å². The van der Waals surface area contributed by atoms with E-state index in [1.54, 1.807) is 12.1 Å². The summed E-state index contributed by atoms with van der Waals surface area (Å²) in [7, 11) is 0. The molecule has 1 aliphatic rings. The van der Waals surface area contributed by atoms with Crippen molar-refractivity contribution in [2.75, 3.05) is 26.2 Å². The van der Waals surface area contributed by atoms with Crippen molar-refractivity contribution in [3.63, 3.8) is 0 Å². The zero-order valence-corrected chi connectivity index (χ0v) is 17.3. The molecule has 4 nitrogen and oxygen atoms in total. The van der Waals surface area contributed by atoms with Gasteiger partial charge in [-0.2, -0.15) is 0 Å². The molecule has 0 unspecified atom stereocenters. The normalized spacial score (nSPS) is 16.0. The summed E-state index contributed by atoms with van der Waals surface area (Å²) in [5.41, 5.74) is 1.72. The van der Waals surface area contributed by atoms with E-state index in [1.165, 1.54) is 12.1 Å². The van der Waals surface area contributed by atoms with Crippen LogP contribution in [-0.2, 0) is 0 Å². The predicted octanol–water partition coefficient (Wildman–Crippen LogP) is 4.58. The molecule has 0 amide bonds. The maximum Gasteiger partial charge on any atom is 0.573 e. The average Bonchev–Trinajstić information content (AvgIpc) is 2.56. The molecule has 1 saturated heterocycles. The summed E-state index contributed by atoms with van der Waals surface area (Å²) in [6.07, 6.45) is -4.69. The van der Waals surface area contributed by atoms with Crippen LogP contribution in [0.1, 0.15) is 17.3 Å². The van der Waals surface area contributed by atoms with Crippen molar-refractivity contribution >= 4 is 40.7 Å². The highest BCUT2D eigenvalue weighted by molar-refractivity contribution is 9.10. The van der Waals surface area contributed by atoms with Crippen LogP contribution in [0.2, 0.25) is 0 Å². The van der Waals surface area contributed by atoms with Crippen LogP contribution in [0.25, 0.3) is 0 Å². The molecule has 10 heteroatoms. The molecule has 150 valence electrons. The van der Waals surface area contributed by atoms with Crippen molar-refractivity contribution in [3.05, 3.63) is 58.3 Å². The number of hydrogen-bond acceptors (Lipinski definition) is 4. The first-order valence-corrected chi connectivity index (χ1v) is 8.64. The van der Waals surface area contributed by atoms with Crippen LogP contribution in [0.5, 0.6) is 5.75 Å². The van der Waals surface area contributed by atoms with Crippen LogP contribution in [0.15, 0.2) is 47.1 Å². The molecule has 1 N–H and O–H groups in total. The van der Waals surface area contributed by atoms with E-state index >= 15 is 0 Å². The van der Waals surface area contributed by atoms with Gasteiger partial charge in [0.15, 0.2) is 0 Å². The first kappa shape index (κ1) is 24.0. The lowest BCUT2D eigenvalue weighted by Gasteiger charge is -2.35. The predicted molar refractivity (Wildman–Crippen MR) is 106 cm³/mol. The number of hydrogen-bond donors (Lipinski definition) is 1. The quantitative estimate of drug-likeness (QED) is 0.639. The zero-order chi connectivity index (χ0) is 17.9. The zero-order valence-electron chi connectivity index (χ0n) is 14.1. The van der Waals surface area contributed by atoms with Crippen molar-refractivity contribution in [3.8, 4) is 5.75 Å². The molecule has 0 saturated carbocycles. The highest BCUT2D eigenvalue weighted by Crippen LogP contribution is 2.31. The molecular weight excluding hydrogens is 470 g/mol. The number of piperazine rings is 1. The van der Waals surface area contributed by atoms with E-state index in [-0.39, 0.29) is 36.6 Å². The Morgan fingerprint density at radius 3 is 2.22 bits per heavy atom. The van der Waals surface area contributed by atoms with Gasteiger partial charge in [-0.1, -0.05) is 18.2 Å². The van der Waals surface area contributed by atoms with E-state index in [9.17, 15) is 13.2 Å². The van der Waals surface area contributed by atoms with Gasteiger partial charge in [-0.3, -0.25) is 4.90 Å². The van der Waals surface area contributed by atoms with Crippen molar-refractivity contribution in [1.82, 2.24) is 15.2 Å². The van der Waals surface area contributed by atoms with E-state index in [1.807, 2.05) is 18.2 Å². The fourth-order valence-corrected chi connectivity index (χ4v) is 3.29. The molecule has 1 aromatic heterocycles. The first-order valence-electron chi connectivity index (χ1n) is 7.85.